The lowest BCUT2D eigenvalue weighted by Crippen LogP contribution is -2.39. The Balaban J connectivity index is 2.94. The number of halogens is 4. The monoisotopic (exact) mass is 249 g/mol. The summed E-state index contributed by atoms with van der Waals surface area (Å²) in [5.41, 5.74) is 0.0270. The molecule has 0 aliphatic rings. The van der Waals surface area contributed by atoms with E-state index in [1.807, 2.05) is 0 Å². The van der Waals surface area contributed by atoms with E-state index in [1.165, 1.54) is 0 Å². The topological polar surface area (TPSA) is 12.0 Å². The van der Waals surface area contributed by atoms with Gasteiger partial charge in [0.25, 0.3) is 0 Å². The molecule has 5 heteroatoms. The minimum Gasteiger partial charge on any atom is -0.300 e. The maximum absolute atomic E-state index is 12.8. The summed E-state index contributed by atoms with van der Waals surface area (Å²) < 4.78 is 51.2. The highest BCUT2D eigenvalue weighted by Crippen LogP contribution is 2.33. The molecule has 1 aromatic rings. The van der Waals surface area contributed by atoms with E-state index in [9.17, 15) is 17.6 Å². The molecular formula is C12H15F4N. The molecule has 0 bridgehead atoms. The average molecular weight is 249 g/mol. The normalized spacial score (nSPS) is 15.6. The molecule has 0 spiro atoms. The Hall–Kier alpha value is -1.10. The average Bonchev–Trinajstić information content (AvgIpc) is 2.25. The highest BCUT2D eigenvalue weighted by Gasteiger charge is 2.41. The summed E-state index contributed by atoms with van der Waals surface area (Å²) in [6, 6.07) is 2.37. The standard InChI is InChI=1S/C12H15F4N/c1-3-8(2)17-11(12(14,15)16)9-4-6-10(13)7-5-9/h4-8,11,17H,3H2,1-2H3. The van der Waals surface area contributed by atoms with Crippen LogP contribution in [0.5, 0.6) is 0 Å². The van der Waals surface area contributed by atoms with Gasteiger partial charge in [-0.2, -0.15) is 13.2 Å². The Labute approximate surface area is 97.8 Å². The first-order chi connectivity index (χ1) is 7.84. The van der Waals surface area contributed by atoms with Crippen molar-refractivity contribution in [3.63, 3.8) is 0 Å². The van der Waals surface area contributed by atoms with Gasteiger partial charge in [-0.25, -0.2) is 4.39 Å². The first-order valence-electron chi connectivity index (χ1n) is 5.42. The minimum atomic E-state index is -4.39. The van der Waals surface area contributed by atoms with Gasteiger partial charge in [0.05, 0.1) is 0 Å². The van der Waals surface area contributed by atoms with Gasteiger partial charge < -0.3 is 0 Å². The third-order valence-corrected chi connectivity index (χ3v) is 2.59. The predicted octanol–water partition coefficient (Wildman–Crippen LogP) is 3.82. The zero-order valence-electron chi connectivity index (χ0n) is 9.68. The van der Waals surface area contributed by atoms with Gasteiger partial charge in [0.2, 0.25) is 0 Å². The van der Waals surface area contributed by atoms with Crippen LogP contribution in [0.4, 0.5) is 17.6 Å². The summed E-state index contributed by atoms with van der Waals surface area (Å²) in [4.78, 5) is 0. The van der Waals surface area contributed by atoms with Crippen LogP contribution in [0, 0.1) is 5.82 Å². The van der Waals surface area contributed by atoms with E-state index in [0.717, 1.165) is 24.3 Å². The van der Waals surface area contributed by atoms with Crippen molar-refractivity contribution in [1.82, 2.24) is 5.32 Å². The van der Waals surface area contributed by atoms with E-state index in [4.69, 9.17) is 0 Å². The summed E-state index contributed by atoms with van der Waals surface area (Å²) in [6.07, 6.45) is -3.80. The van der Waals surface area contributed by atoms with Crippen molar-refractivity contribution in [2.45, 2.75) is 38.5 Å². The molecule has 96 valence electrons. The molecule has 0 aliphatic carbocycles. The molecule has 0 aliphatic heterocycles. The molecule has 17 heavy (non-hydrogen) atoms. The van der Waals surface area contributed by atoms with Crippen LogP contribution in [0.15, 0.2) is 24.3 Å². The number of rotatable bonds is 4. The Morgan fingerprint density at radius 2 is 1.71 bits per heavy atom. The van der Waals surface area contributed by atoms with E-state index in [0.29, 0.717) is 6.42 Å². The third-order valence-electron chi connectivity index (χ3n) is 2.59. The summed E-state index contributed by atoms with van der Waals surface area (Å²) in [5.74, 6) is -0.543. The van der Waals surface area contributed by atoms with Gasteiger partial charge in [-0.15, -0.1) is 0 Å². The van der Waals surface area contributed by atoms with Crippen LogP contribution in [0.25, 0.3) is 0 Å². The van der Waals surface area contributed by atoms with Crippen molar-refractivity contribution < 1.29 is 17.6 Å². The molecule has 0 fully saturated rings. The first kappa shape index (κ1) is 14.0. The summed E-state index contributed by atoms with van der Waals surface area (Å²) in [6.45, 7) is 3.48. The van der Waals surface area contributed by atoms with E-state index in [2.05, 4.69) is 5.32 Å². The molecule has 2 unspecified atom stereocenters. The molecule has 0 radical (unpaired) electrons. The van der Waals surface area contributed by atoms with Crippen LogP contribution < -0.4 is 5.32 Å². The molecule has 1 aromatic carbocycles. The number of alkyl halides is 3. The second-order valence-corrected chi connectivity index (χ2v) is 4.00. The smallest absolute Gasteiger partial charge is 0.300 e. The Morgan fingerprint density at radius 1 is 1.18 bits per heavy atom. The Morgan fingerprint density at radius 3 is 2.12 bits per heavy atom. The fourth-order valence-corrected chi connectivity index (χ4v) is 1.44. The van der Waals surface area contributed by atoms with Crippen molar-refractivity contribution in [3.05, 3.63) is 35.6 Å². The van der Waals surface area contributed by atoms with Crippen LogP contribution >= 0.6 is 0 Å². The molecule has 0 saturated heterocycles. The van der Waals surface area contributed by atoms with E-state index in [-0.39, 0.29) is 11.6 Å². The van der Waals surface area contributed by atoms with Crippen LogP contribution in [-0.4, -0.2) is 12.2 Å². The third kappa shape index (κ3) is 4.00. The lowest BCUT2D eigenvalue weighted by atomic mass is 10.0. The number of benzene rings is 1. The number of hydrogen-bond donors (Lipinski definition) is 1. The van der Waals surface area contributed by atoms with Crippen molar-refractivity contribution in [2.24, 2.45) is 0 Å². The SMILES string of the molecule is CCC(C)NC(c1ccc(F)cc1)C(F)(F)F. The van der Waals surface area contributed by atoms with Gasteiger partial charge in [-0.3, -0.25) is 5.32 Å². The highest BCUT2D eigenvalue weighted by atomic mass is 19.4. The molecule has 1 N–H and O–H groups in total. The van der Waals surface area contributed by atoms with Crippen molar-refractivity contribution in [3.8, 4) is 0 Å². The molecule has 0 heterocycles. The maximum Gasteiger partial charge on any atom is 0.407 e. The number of hydrogen-bond acceptors (Lipinski definition) is 1. The quantitative estimate of drug-likeness (QED) is 0.800. The van der Waals surface area contributed by atoms with E-state index < -0.39 is 18.0 Å². The molecule has 1 nitrogen and oxygen atoms in total. The lowest BCUT2D eigenvalue weighted by Gasteiger charge is -2.25. The van der Waals surface area contributed by atoms with Crippen LogP contribution in [0.2, 0.25) is 0 Å². The van der Waals surface area contributed by atoms with Crippen molar-refractivity contribution in [2.75, 3.05) is 0 Å². The molecule has 0 amide bonds. The first-order valence-corrected chi connectivity index (χ1v) is 5.42. The molecule has 1 rings (SSSR count). The van der Waals surface area contributed by atoms with Gasteiger partial charge in [0.15, 0.2) is 0 Å². The fraction of sp³-hybridized carbons (Fsp3) is 0.500. The lowest BCUT2D eigenvalue weighted by molar-refractivity contribution is -0.159. The molecule has 0 saturated carbocycles. The predicted molar refractivity (Wildman–Crippen MR) is 58.1 cm³/mol. The van der Waals surface area contributed by atoms with Crippen LogP contribution in [0.1, 0.15) is 31.9 Å². The maximum atomic E-state index is 12.8. The second kappa shape index (κ2) is 5.49. The Bertz CT molecular complexity index is 345. The molecular weight excluding hydrogens is 234 g/mol. The van der Waals surface area contributed by atoms with E-state index >= 15 is 0 Å². The zero-order chi connectivity index (χ0) is 13.1. The van der Waals surface area contributed by atoms with Crippen molar-refractivity contribution >= 4 is 0 Å². The van der Waals surface area contributed by atoms with Gasteiger partial charge >= 0.3 is 6.18 Å². The second-order valence-electron chi connectivity index (χ2n) is 4.00. The largest absolute Gasteiger partial charge is 0.407 e. The summed E-state index contributed by atoms with van der Waals surface area (Å²) >= 11 is 0. The number of nitrogens with one attached hydrogen (secondary N) is 1. The van der Waals surface area contributed by atoms with Crippen molar-refractivity contribution in [1.29, 1.82) is 0 Å². The zero-order valence-corrected chi connectivity index (χ0v) is 9.68. The summed E-state index contributed by atoms with van der Waals surface area (Å²) in [5, 5.41) is 2.49. The van der Waals surface area contributed by atoms with Gasteiger partial charge in [-0.1, -0.05) is 19.1 Å². The molecule has 2 atom stereocenters. The van der Waals surface area contributed by atoms with Gasteiger partial charge in [-0.05, 0) is 31.0 Å². The fourth-order valence-electron chi connectivity index (χ4n) is 1.44. The van der Waals surface area contributed by atoms with Crippen LogP contribution in [-0.2, 0) is 0 Å². The van der Waals surface area contributed by atoms with Gasteiger partial charge in [0, 0.05) is 6.04 Å². The minimum absolute atomic E-state index is 0.0270. The molecule has 0 aromatic heterocycles. The van der Waals surface area contributed by atoms with Crippen LogP contribution in [0.3, 0.4) is 0 Å². The Kier molecular flexibility index (Phi) is 4.51. The van der Waals surface area contributed by atoms with Gasteiger partial charge in [0.1, 0.15) is 11.9 Å². The highest BCUT2D eigenvalue weighted by molar-refractivity contribution is 5.21. The summed E-state index contributed by atoms with van der Waals surface area (Å²) in [7, 11) is 0. The van der Waals surface area contributed by atoms with E-state index in [1.54, 1.807) is 13.8 Å².